The van der Waals surface area contributed by atoms with E-state index in [4.69, 9.17) is 14.2 Å². The first-order valence-corrected chi connectivity index (χ1v) is 13.5. The quantitative estimate of drug-likeness (QED) is 0.189. The van der Waals surface area contributed by atoms with Gasteiger partial charge in [0.25, 0.3) is 0 Å². The Morgan fingerprint density at radius 3 is 2.35 bits per heavy atom. The molecule has 5 rings (SSSR count). The van der Waals surface area contributed by atoms with E-state index in [0.29, 0.717) is 32.0 Å². The Morgan fingerprint density at radius 2 is 1.57 bits per heavy atom. The van der Waals surface area contributed by atoms with E-state index in [1.165, 1.54) is 5.56 Å². The second-order valence-corrected chi connectivity index (χ2v) is 9.68. The first-order valence-electron chi connectivity index (χ1n) is 13.5. The van der Waals surface area contributed by atoms with E-state index in [2.05, 4.69) is 22.5 Å². The topological polar surface area (TPSA) is 77.8 Å². The van der Waals surface area contributed by atoms with Crippen molar-refractivity contribution < 1.29 is 19.3 Å². The number of methoxy groups -OCH3 is 1. The number of fused-ring (bicyclic) bond motifs is 1. The van der Waals surface area contributed by atoms with E-state index >= 15 is 0 Å². The second kappa shape index (κ2) is 13.6. The van der Waals surface area contributed by atoms with Crippen LogP contribution >= 0.6 is 0 Å². The summed E-state index contributed by atoms with van der Waals surface area (Å²) >= 11 is 0. The van der Waals surface area contributed by atoms with Crippen LogP contribution in [0.3, 0.4) is 0 Å². The molecular weight excluding hydrogens is 502 g/mol. The molecule has 0 aliphatic carbocycles. The zero-order chi connectivity index (χ0) is 27.6. The highest BCUT2D eigenvalue weighted by molar-refractivity contribution is 5.84. The van der Waals surface area contributed by atoms with E-state index in [1.807, 2.05) is 95.8 Å². The van der Waals surface area contributed by atoms with E-state index in [1.54, 1.807) is 7.11 Å². The fourth-order valence-electron chi connectivity index (χ4n) is 4.51. The molecule has 40 heavy (non-hydrogen) atoms. The van der Waals surface area contributed by atoms with Crippen LogP contribution in [0, 0.1) is 0 Å². The number of benzene rings is 4. The van der Waals surface area contributed by atoms with Crippen molar-refractivity contribution in [3.63, 3.8) is 0 Å². The molecule has 1 unspecified atom stereocenters. The number of ether oxygens (including phenoxy) is 3. The lowest BCUT2D eigenvalue weighted by atomic mass is 10.1. The van der Waals surface area contributed by atoms with Gasteiger partial charge in [-0.15, -0.1) is 0 Å². The third-order valence-corrected chi connectivity index (χ3v) is 6.61. The Morgan fingerprint density at radius 1 is 0.800 bits per heavy atom. The minimum absolute atomic E-state index is 0.192. The maximum Gasteiger partial charge on any atom is 0.161 e. The average molecular weight is 538 g/mol. The molecule has 5 aromatic rings. The molecule has 0 bridgehead atoms. The Kier molecular flexibility index (Phi) is 9.29. The molecule has 206 valence electrons. The van der Waals surface area contributed by atoms with E-state index in [9.17, 15) is 5.11 Å². The van der Waals surface area contributed by atoms with Crippen molar-refractivity contribution in [1.29, 1.82) is 0 Å². The van der Waals surface area contributed by atoms with Crippen molar-refractivity contribution in [1.82, 2.24) is 15.1 Å². The number of aliphatic hydroxyl groups excluding tert-OH is 1. The van der Waals surface area contributed by atoms with E-state index in [-0.39, 0.29) is 6.61 Å². The summed E-state index contributed by atoms with van der Waals surface area (Å²) in [5.74, 6) is 2.15. The van der Waals surface area contributed by atoms with Gasteiger partial charge in [0.05, 0.1) is 24.6 Å². The van der Waals surface area contributed by atoms with Crippen LogP contribution in [0.2, 0.25) is 0 Å². The van der Waals surface area contributed by atoms with Crippen molar-refractivity contribution in [2.24, 2.45) is 0 Å². The number of aliphatic hydroxyl groups is 1. The maximum atomic E-state index is 10.5. The Bertz CT molecular complexity index is 1490. The zero-order valence-corrected chi connectivity index (χ0v) is 22.7. The molecule has 0 aliphatic rings. The van der Waals surface area contributed by atoms with Gasteiger partial charge in [0.15, 0.2) is 11.5 Å². The van der Waals surface area contributed by atoms with Crippen LogP contribution in [-0.4, -0.2) is 47.8 Å². The van der Waals surface area contributed by atoms with Gasteiger partial charge in [-0.2, -0.15) is 5.10 Å². The second-order valence-electron chi connectivity index (χ2n) is 9.68. The van der Waals surface area contributed by atoms with E-state index in [0.717, 1.165) is 39.9 Å². The van der Waals surface area contributed by atoms with Gasteiger partial charge in [-0.05, 0) is 53.9 Å². The van der Waals surface area contributed by atoms with Crippen LogP contribution in [0.4, 0.5) is 0 Å². The Hall–Kier alpha value is -4.33. The summed E-state index contributed by atoms with van der Waals surface area (Å²) in [5, 5.41) is 19.4. The molecule has 1 aromatic heterocycles. The number of aromatic nitrogens is 2. The number of hydrogen-bond acceptors (Lipinski definition) is 6. The van der Waals surface area contributed by atoms with Crippen molar-refractivity contribution >= 4 is 10.9 Å². The van der Waals surface area contributed by atoms with Gasteiger partial charge in [-0.3, -0.25) is 4.68 Å². The summed E-state index contributed by atoms with van der Waals surface area (Å²) in [6, 6.07) is 32.1. The molecule has 0 saturated heterocycles. The minimum atomic E-state index is -0.641. The zero-order valence-electron chi connectivity index (χ0n) is 22.7. The standard InChI is InChI=1S/C33H35N3O4/c1-38-33-19-25(15-16-32(33)39-23-27-11-6-3-7-12-27)17-18-34-20-28(37)24-40-31-14-8-13-30-29(31)22-36(35-30)21-26-9-4-2-5-10-26/h2-16,19,22,28,34,37H,17-18,20-21,23-24H2,1H3. The van der Waals surface area contributed by atoms with Crippen LogP contribution in [-0.2, 0) is 19.6 Å². The van der Waals surface area contributed by atoms with Crippen molar-refractivity contribution in [3.8, 4) is 17.2 Å². The lowest BCUT2D eigenvalue weighted by molar-refractivity contribution is 0.107. The monoisotopic (exact) mass is 537 g/mol. The third-order valence-electron chi connectivity index (χ3n) is 6.61. The average Bonchev–Trinajstić information content (AvgIpc) is 3.41. The van der Waals surface area contributed by atoms with Crippen LogP contribution in [0.5, 0.6) is 17.2 Å². The first-order chi connectivity index (χ1) is 19.7. The van der Waals surface area contributed by atoms with Crippen LogP contribution < -0.4 is 19.5 Å². The van der Waals surface area contributed by atoms with E-state index < -0.39 is 6.10 Å². The Balaban J connectivity index is 1.07. The van der Waals surface area contributed by atoms with Gasteiger partial charge >= 0.3 is 0 Å². The lowest BCUT2D eigenvalue weighted by Crippen LogP contribution is -2.32. The molecule has 0 fully saturated rings. The summed E-state index contributed by atoms with van der Waals surface area (Å²) in [5.41, 5.74) is 4.29. The first kappa shape index (κ1) is 27.2. The van der Waals surface area contributed by atoms with Crippen LogP contribution in [0.1, 0.15) is 16.7 Å². The molecule has 0 spiro atoms. The number of nitrogens with one attached hydrogen (secondary N) is 1. The fourth-order valence-corrected chi connectivity index (χ4v) is 4.51. The SMILES string of the molecule is COc1cc(CCNCC(O)COc2cccc3nn(Cc4ccccc4)cc23)ccc1OCc1ccccc1. The van der Waals surface area contributed by atoms with Crippen molar-refractivity contribution in [3.05, 3.63) is 120 Å². The summed E-state index contributed by atoms with van der Waals surface area (Å²) in [7, 11) is 1.65. The molecule has 0 saturated carbocycles. The molecule has 2 N–H and O–H groups in total. The minimum Gasteiger partial charge on any atom is -0.493 e. The molecule has 4 aromatic carbocycles. The smallest absolute Gasteiger partial charge is 0.161 e. The number of nitrogens with zero attached hydrogens (tertiary/aromatic N) is 2. The molecule has 7 nitrogen and oxygen atoms in total. The van der Waals surface area contributed by atoms with Gasteiger partial charge in [0, 0.05) is 12.7 Å². The van der Waals surface area contributed by atoms with Gasteiger partial charge in [0.1, 0.15) is 25.1 Å². The predicted octanol–water partition coefficient (Wildman–Crippen LogP) is 5.24. The van der Waals surface area contributed by atoms with Gasteiger partial charge in [0.2, 0.25) is 0 Å². The highest BCUT2D eigenvalue weighted by Gasteiger charge is 2.11. The molecule has 1 atom stereocenters. The van der Waals surface area contributed by atoms with Gasteiger partial charge in [-0.25, -0.2) is 0 Å². The fraction of sp³-hybridized carbons (Fsp3) is 0.242. The maximum absolute atomic E-state index is 10.5. The highest BCUT2D eigenvalue weighted by atomic mass is 16.5. The number of hydrogen-bond donors (Lipinski definition) is 2. The predicted molar refractivity (Wildman–Crippen MR) is 157 cm³/mol. The van der Waals surface area contributed by atoms with Crippen LogP contribution in [0.15, 0.2) is 103 Å². The highest BCUT2D eigenvalue weighted by Crippen LogP contribution is 2.29. The van der Waals surface area contributed by atoms with Crippen molar-refractivity contribution in [2.45, 2.75) is 25.7 Å². The third kappa shape index (κ3) is 7.40. The summed E-state index contributed by atoms with van der Waals surface area (Å²) in [4.78, 5) is 0. The Labute approximate surface area is 234 Å². The molecule has 0 aliphatic heterocycles. The molecule has 7 heteroatoms. The number of rotatable bonds is 14. The van der Waals surface area contributed by atoms with Gasteiger partial charge in [-0.1, -0.05) is 72.8 Å². The molecule has 0 radical (unpaired) electrons. The van der Waals surface area contributed by atoms with Crippen molar-refractivity contribution in [2.75, 3.05) is 26.8 Å². The lowest BCUT2D eigenvalue weighted by Gasteiger charge is -2.14. The van der Waals surface area contributed by atoms with Gasteiger partial charge < -0.3 is 24.6 Å². The largest absolute Gasteiger partial charge is 0.493 e. The molecular formula is C33H35N3O4. The summed E-state index contributed by atoms with van der Waals surface area (Å²) in [6.45, 7) is 2.52. The molecule has 1 heterocycles. The molecule has 0 amide bonds. The summed E-state index contributed by atoms with van der Waals surface area (Å²) in [6.07, 6.45) is 2.15. The normalized spacial score (nSPS) is 11.8. The van der Waals surface area contributed by atoms with Crippen LogP contribution in [0.25, 0.3) is 10.9 Å². The summed E-state index contributed by atoms with van der Waals surface area (Å²) < 4.78 is 19.4.